The molecule has 2 N–H and O–H groups in total. The van der Waals surface area contributed by atoms with Crippen LogP contribution in [0.2, 0.25) is 0 Å². The highest BCUT2D eigenvalue weighted by Crippen LogP contribution is 2.20. The quantitative estimate of drug-likeness (QED) is 0.852. The van der Waals surface area contributed by atoms with Crippen LogP contribution in [0.15, 0.2) is 48.7 Å². The van der Waals surface area contributed by atoms with Crippen LogP contribution in [-0.2, 0) is 9.53 Å². The summed E-state index contributed by atoms with van der Waals surface area (Å²) in [5.74, 6) is -0.304. The van der Waals surface area contributed by atoms with Gasteiger partial charge in [-0.05, 0) is 17.7 Å². The summed E-state index contributed by atoms with van der Waals surface area (Å²) in [6, 6.07) is 13.2. The minimum absolute atomic E-state index is 0.180. The Labute approximate surface area is 112 Å². The zero-order valence-corrected chi connectivity index (χ0v) is 10.7. The van der Waals surface area contributed by atoms with Crippen LogP contribution in [0, 0.1) is 0 Å². The molecule has 1 atom stereocenters. The van der Waals surface area contributed by atoms with Crippen molar-refractivity contribution < 1.29 is 9.53 Å². The summed E-state index contributed by atoms with van der Waals surface area (Å²) in [6.45, 7) is 0. The molecule has 19 heavy (non-hydrogen) atoms. The van der Waals surface area contributed by atoms with Gasteiger partial charge in [0.25, 0.3) is 0 Å². The molecule has 0 aliphatic rings. The third-order valence-corrected chi connectivity index (χ3v) is 2.91. The maximum Gasteiger partial charge on any atom is 0.307 e. The molecule has 4 heteroatoms. The Kier molecular flexibility index (Phi) is 4.26. The molecule has 2 aromatic rings. The molecule has 0 bridgehead atoms. The number of hydrogen-bond donors (Lipinski definition) is 1. The fourth-order valence-corrected chi connectivity index (χ4v) is 1.82. The smallest absolute Gasteiger partial charge is 0.307 e. The number of benzene rings is 1. The van der Waals surface area contributed by atoms with E-state index in [-0.39, 0.29) is 18.4 Å². The van der Waals surface area contributed by atoms with Gasteiger partial charge in [-0.3, -0.25) is 9.78 Å². The molecule has 0 aliphatic heterocycles. The Morgan fingerprint density at radius 1 is 1.26 bits per heavy atom. The van der Waals surface area contributed by atoms with Crippen LogP contribution in [-0.4, -0.2) is 18.1 Å². The van der Waals surface area contributed by atoms with E-state index < -0.39 is 0 Å². The van der Waals surface area contributed by atoms with Crippen molar-refractivity contribution in [3.05, 3.63) is 54.2 Å². The van der Waals surface area contributed by atoms with Gasteiger partial charge in [0, 0.05) is 17.8 Å². The Balaban J connectivity index is 2.12. The lowest BCUT2D eigenvalue weighted by Crippen LogP contribution is -2.16. The fourth-order valence-electron chi connectivity index (χ4n) is 1.82. The highest BCUT2D eigenvalue weighted by molar-refractivity contribution is 5.70. The summed E-state index contributed by atoms with van der Waals surface area (Å²) in [7, 11) is 1.36. The van der Waals surface area contributed by atoms with Crippen LogP contribution >= 0.6 is 0 Å². The maximum absolute atomic E-state index is 11.2. The SMILES string of the molecule is COC(=O)CC(N)c1ccc(-c2ccccn2)cc1. The highest BCUT2D eigenvalue weighted by Gasteiger charge is 2.11. The number of nitrogens with two attached hydrogens (primary N) is 1. The number of esters is 1. The van der Waals surface area contributed by atoms with Crippen LogP contribution < -0.4 is 5.73 Å². The average Bonchev–Trinajstić information content (AvgIpc) is 2.48. The van der Waals surface area contributed by atoms with Crippen LogP contribution in [0.5, 0.6) is 0 Å². The Hall–Kier alpha value is -2.20. The average molecular weight is 256 g/mol. The van der Waals surface area contributed by atoms with Gasteiger partial charge in [0.2, 0.25) is 0 Å². The van der Waals surface area contributed by atoms with E-state index in [1.165, 1.54) is 7.11 Å². The lowest BCUT2D eigenvalue weighted by atomic mass is 10.0. The van der Waals surface area contributed by atoms with Crippen LogP contribution in [0.3, 0.4) is 0 Å². The Morgan fingerprint density at radius 2 is 2.00 bits per heavy atom. The number of ether oxygens (including phenoxy) is 1. The molecule has 98 valence electrons. The molecular weight excluding hydrogens is 240 g/mol. The summed E-state index contributed by atoms with van der Waals surface area (Å²) >= 11 is 0. The first-order valence-corrected chi connectivity index (χ1v) is 6.04. The fraction of sp³-hybridized carbons (Fsp3) is 0.200. The van der Waals surface area contributed by atoms with Crippen molar-refractivity contribution in [3.8, 4) is 11.3 Å². The van der Waals surface area contributed by atoms with Crippen molar-refractivity contribution in [1.29, 1.82) is 0 Å². The van der Waals surface area contributed by atoms with Gasteiger partial charge in [0.15, 0.2) is 0 Å². The topological polar surface area (TPSA) is 65.2 Å². The van der Waals surface area contributed by atoms with Gasteiger partial charge in [0.05, 0.1) is 19.2 Å². The van der Waals surface area contributed by atoms with Gasteiger partial charge in [-0.1, -0.05) is 30.3 Å². The van der Waals surface area contributed by atoms with E-state index in [0.717, 1.165) is 16.8 Å². The lowest BCUT2D eigenvalue weighted by molar-refractivity contribution is -0.141. The molecule has 1 aromatic heterocycles. The summed E-state index contributed by atoms with van der Waals surface area (Å²) in [4.78, 5) is 15.5. The maximum atomic E-state index is 11.2. The molecule has 4 nitrogen and oxygen atoms in total. The van der Waals surface area contributed by atoms with E-state index >= 15 is 0 Å². The lowest BCUT2D eigenvalue weighted by Gasteiger charge is -2.11. The summed E-state index contributed by atoms with van der Waals surface area (Å²) in [5.41, 5.74) is 8.79. The van der Waals surface area contributed by atoms with Gasteiger partial charge in [-0.25, -0.2) is 0 Å². The molecule has 0 radical (unpaired) electrons. The minimum Gasteiger partial charge on any atom is -0.469 e. The number of hydrogen-bond acceptors (Lipinski definition) is 4. The van der Waals surface area contributed by atoms with Gasteiger partial charge >= 0.3 is 5.97 Å². The predicted octanol–water partition coefficient (Wildman–Crippen LogP) is 2.31. The van der Waals surface area contributed by atoms with Crippen molar-refractivity contribution in [1.82, 2.24) is 4.98 Å². The number of pyridine rings is 1. The second-order valence-corrected chi connectivity index (χ2v) is 4.22. The van der Waals surface area contributed by atoms with Gasteiger partial charge in [0.1, 0.15) is 0 Å². The van der Waals surface area contributed by atoms with Crippen LogP contribution in [0.4, 0.5) is 0 Å². The second kappa shape index (κ2) is 6.11. The number of nitrogens with zero attached hydrogens (tertiary/aromatic N) is 1. The Morgan fingerprint density at radius 3 is 2.58 bits per heavy atom. The largest absolute Gasteiger partial charge is 0.469 e. The molecule has 1 aromatic carbocycles. The van der Waals surface area contributed by atoms with Crippen molar-refractivity contribution in [2.75, 3.05) is 7.11 Å². The van der Waals surface area contributed by atoms with E-state index in [9.17, 15) is 4.79 Å². The van der Waals surface area contributed by atoms with Gasteiger partial charge in [-0.2, -0.15) is 0 Å². The highest BCUT2D eigenvalue weighted by atomic mass is 16.5. The molecule has 1 heterocycles. The number of aromatic nitrogens is 1. The van der Waals surface area contributed by atoms with Crippen molar-refractivity contribution in [2.24, 2.45) is 5.73 Å². The molecule has 0 saturated heterocycles. The van der Waals surface area contributed by atoms with E-state index in [4.69, 9.17) is 5.73 Å². The summed E-state index contributed by atoms with van der Waals surface area (Å²) < 4.78 is 4.61. The first kappa shape index (κ1) is 13.2. The molecular formula is C15H16N2O2. The number of methoxy groups -OCH3 is 1. The third kappa shape index (κ3) is 3.39. The van der Waals surface area contributed by atoms with Crippen LogP contribution in [0.1, 0.15) is 18.0 Å². The minimum atomic E-state index is -0.342. The standard InChI is InChI=1S/C15H16N2O2/c1-19-15(18)10-13(16)11-5-7-12(8-6-11)14-4-2-3-9-17-14/h2-9,13H,10,16H2,1H3. The van der Waals surface area contributed by atoms with E-state index in [1.807, 2.05) is 42.5 Å². The number of carbonyl (C=O) groups excluding carboxylic acids is 1. The molecule has 0 saturated carbocycles. The summed E-state index contributed by atoms with van der Waals surface area (Å²) in [6.07, 6.45) is 1.94. The zero-order valence-electron chi connectivity index (χ0n) is 10.7. The normalized spacial score (nSPS) is 11.9. The molecule has 2 rings (SSSR count). The molecule has 0 spiro atoms. The number of rotatable bonds is 4. The zero-order chi connectivity index (χ0) is 13.7. The third-order valence-electron chi connectivity index (χ3n) is 2.91. The first-order valence-electron chi connectivity index (χ1n) is 6.04. The monoisotopic (exact) mass is 256 g/mol. The van der Waals surface area contributed by atoms with Crippen LogP contribution in [0.25, 0.3) is 11.3 Å². The van der Waals surface area contributed by atoms with Crippen molar-refractivity contribution in [2.45, 2.75) is 12.5 Å². The van der Waals surface area contributed by atoms with Gasteiger partial charge < -0.3 is 10.5 Å². The van der Waals surface area contributed by atoms with E-state index in [1.54, 1.807) is 6.20 Å². The van der Waals surface area contributed by atoms with E-state index in [0.29, 0.717) is 0 Å². The summed E-state index contributed by atoms with van der Waals surface area (Å²) in [5, 5.41) is 0. The van der Waals surface area contributed by atoms with E-state index in [2.05, 4.69) is 9.72 Å². The molecule has 1 unspecified atom stereocenters. The molecule has 0 amide bonds. The second-order valence-electron chi connectivity index (χ2n) is 4.22. The van der Waals surface area contributed by atoms with Crippen molar-refractivity contribution in [3.63, 3.8) is 0 Å². The molecule has 0 fully saturated rings. The predicted molar refractivity (Wildman–Crippen MR) is 73.2 cm³/mol. The number of carbonyl (C=O) groups is 1. The first-order chi connectivity index (χ1) is 9.20. The van der Waals surface area contributed by atoms with Crippen molar-refractivity contribution >= 4 is 5.97 Å². The molecule has 0 aliphatic carbocycles. The Bertz CT molecular complexity index is 538. The van der Waals surface area contributed by atoms with Gasteiger partial charge in [-0.15, -0.1) is 0 Å².